The SMILES string of the molecule is FC(F)(F)C1(C2CCCN2Cc2ccsc2-c2nn[nH]n2)N=N1.O=C(O)C(F)(F)F. The van der Waals surface area contributed by atoms with E-state index in [0.717, 1.165) is 10.4 Å². The predicted octanol–water partition coefficient (Wildman–Crippen LogP) is 3.25. The van der Waals surface area contributed by atoms with Crippen LogP contribution in [0.2, 0.25) is 0 Å². The van der Waals surface area contributed by atoms with Crippen molar-refractivity contribution in [3.8, 4) is 10.7 Å². The molecule has 0 saturated carbocycles. The number of hydrogen-bond acceptors (Lipinski definition) is 8. The van der Waals surface area contributed by atoms with Gasteiger partial charge in [-0.25, -0.2) is 4.79 Å². The molecule has 1 unspecified atom stereocenters. The summed E-state index contributed by atoms with van der Waals surface area (Å²) in [6.07, 6.45) is -8.38. The smallest absolute Gasteiger partial charge is 0.475 e. The lowest BCUT2D eigenvalue weighted by molar-refractivity contribution is -0.192. The van der Waals surface area contributed by atoms with Crippen molar-refractivity contribution < 1.29 is 36.2 Å². The number of alkyl halides is 6. The number of carbonyl (C=O) groups is 1. The van der Waals surface area contributed by atoms with Crippen LogP contribution in [0.15, 0.2) is 21.7 Å². The molecule has 1 saturated heterocycles. The van der Waals surface area contributed by atoms with Gasteiger partial charge in [0.25, 0.3) is 5.66 Å². The second-order valence-corrected chi connectivity index (χ2v) is 7.28. The molecule has 2 aliphatic rings. The zero-order valence-corrected chi connectivity index (χ0v) is 15.6. The zero-order chi connectivity index (χ0) is 22.2. The predicted molar refractivity (Wildman–Crippen MR) is 88.3 cm³/mol. The van der Waals surface area contributed by atoms with Crippen molar-refractivity contribution in [3.05, 3.63) is 17.0 Å². The Balaban J connectivity index is 0.000000318. The summed E-state index contributed by atoms with van der Waals surface area (Å²) in [5, 5.41) is 29.5. The first kappa shape index (κ1) is 22.1. The number of thiophene rings is 1. The van der Waals surface area contributed by atoms with E-state index in [1.807, 2.05) is 11.4 Å². The molecule has 9 nitrogen and oxygen atoms in total. The monoisotopic (exact) mass is 457 g/mol. The molecule has 2 N–H and O–H groups in total. The molecule has 2 aromatic rings. The van der Waals surface area contributed by atoms with Crippen LogP contribution in [0.4, 0.5) is 26.3 Å². The summed E-state index contributed by atoms with van der Waals surface area (Å²) in [6, 6.07) is 1.15. The standard InChI is InChI=1S/C12H12F3N7S.C2HF3O2/c13-12(14,15)11(18-19-11)8-2-1-4-22(8)6-7-3-5-23-9(7)10-16-20-21-17-10;3-2(4,5)1(6)7/h3,5,8H,1-2,4,6H2,(H,16,17,20,21);(H,6,7). The maximum absolute atomic E-state index is 13.3. The third-order valence-electron chi connectivity index (χ3n) is 4.47. The van der Waals surface area contributed by atoms with Gasteiger partial charge in [-0.05, 0) is 41.6 Å². The Morgan fingerprint density at radius 2 is 1.97 bits per heavy atom. The number of hydrogen-bond donors (Lipinski definition) is 2. The fourth-order valence-corrected chi connectivity index (χ4v) is 3.94. The zero-order valence-electron chi connectivity index (χ0n) is 14.8. The fourth-order valence-electron chi connectivity index (χ4n) is 3.09. The number of tetrazole rings is 1. The lowest BCUT2D eigenvalue weighted by atomic mass is 10.0. The molecule has 0 radical (unpaired) electrons. The summed E-state index contributed by atoms with van der Waals surface area (Å²) in [7, 11) is 0. The molecule has 0 aliphatic carbocycles. The van der Waals surface area contributed by atoms with Crippen molar-refractivity contribution >= 4 is 17.3 Å². The summed E-state index contributed by atoms with van der Waals surface area (Å²) < 4.78 is 71.5. The van der Waals surface area contributed by atoms with Gasteiger partial charge in [-0.15, -0.1) is 31.8 Å². The summed E-state index contributed by atoms with van der Waals surface area (Å²) >= 11 is 1.44. The number of rotatable bonds is 4. The van der Waals surface area contributed by atoms with Crippen LogP contribution in [0.3, 0.4) is 0 Å². The van der Waals surface area contributed by atoms with E-state index in [2.05, 4.69) is 30.9 Å². The minimum Gasteiger partial charge on any atom is -0.475 e. The first-order valence-corrected chi connectivity index (χ1v) is 9.19. The molecule has 2 aromatic heterocycles. The third-order valence-corrected chi connectivity index (χ3v) is 5.42. The molecule has 0 bridgehead atoms. The van der Waals surface area contributed by atoms with Crippen LogP contribution in [-0.4, -0.2) is 67.2 Å². The van der Waals surface area contributed by atoms with Gasteiger partial charge in [0.1, 0.15) is 0 Å². The summed E-state index contributed by atoms with van der Waals surface area (Å²) in [5.41, 5.74) is -1.34. The van der Waals surface area contributed by atoms with Crippen molar-refractivity contribution in [2.75, 3.05) is 6.54 Å². The van der Waals surface area contributed by atoms with Crippen LogP contribution in [0, 0.1) is 0 Å². The van der Waals surface area contributed by atoms with E-state index < -0.39 is 30.0 Å². The van der Waals surface area contributed by atoms with E-state index in [4.69, 9.17) is 9.90 Å². The van der Waals surface area contributed by atoms with Crippen LogP contribution in [0.5, 0.6) is 0 Å². The van der Waals surface area contributed by atoms with Gasteiger partial charge < -0.3 is 5.11 Å². The average molecular weight is 457 g/mol. The average Bonchev–Trinajstić information content (AvgIpc) is 3.04. The second-order valence-electron chi connectivity index (χ2n) is 6.37. The number of carboxylic acids is 1. The molecule has 4 rings (SSSR count). The minimum atomic E-state index is -5.08. The van der Waals surface area contributed by atoms with Crippen LogP contribution >= 0.6 is 11.3 Å². The lowest BCUT2D eigenvalue weighted by Gasteiger charge is -2.29. The van der Waals surface area contributed by atoms with Gasteiger partial charge in [0, 0.05) is 6.54 Å². The molecule has 1 atom stereocenters. The minimum absolute atomic E-state index is 0.390. The second kappa shape index (κ2) is 7.90. The number of likely N-dealkylation sites (tertiary alicyclic amines) is 1. The number of aromatic amines is 1. The van der Waals surface area contributed by atoms with E-state index in [0.29, 0.717) is 31.8 Å². The first-order chi connectivity index (χ1) is 14.0. The van der Waals surface area contributed by atoms with Crippen LogP contribution in [0.1, 0.15) is 18.4 Å². The molecule has 4 heterocycles. The summed E-state index contributed by atoms with van der Waals surface area (Å²) in [6.45, 7) is 0.982. The van der Waals surface area contributed by atoms with Crippen molar-refractivity contribution in [2.24, 2.45) is 10.2 Å². The Bertz CT molecular complexity index is 905. The molecular weight excluding hydrogens is 444 g/mol. The number of carboxylic acid groups (broad SMARTS) is 1. The number of nitrogens with one attached hydrogen (secondary N) is 1. The largest absolute Gasteiger partial charge is 0.490 e. The number of H-pyrrole nitrogens is 1. The van der Waals surface area contributed by atoms with E-state index >= 15 is 0 Å². The van der Waals surface area contributed by atoms with E-state index in [9.17, 15) is 26.3 Å². The van der Waals surface area contributed by atoms with Crippen LogP contribution in [-0.2, 0) is 11.3 Å². The van der Waals surface area contributed by atoms with Gasteiger partial charge in [-0.2, -0.15) is 31.6 Å². The Hall–Kier alpha value is -2.62. The van der Waals surface area contributed by atoms with Crippen molar-refractivity contribution in [1.82, 2.24) is 25.5 Å². The molecule has 2 aliphatic heterocycles. The molecule has 0 amide bonds. The Morgan fingerprint density at radius 3 is 2.47 bits per heavy atom. The highest BCUT2D eigenvalue weighted by Crippen LogP contribution is 2.51. The van der Waals surface area contributed by atoms with E-state index in [1.165, 1.54) is 11.3 Å². The van der Waals surface area contributed by atoms with Gasteiger partial charge in [-0.3, -0.25) is 4.90 Å². The molecule has 1 fully saturated rings. The number of nitrogens with zero attached hydrogens (tertiary/aromatic N) is 6. The number of halogens is 6. The van der Waals surface area contributed by atoms with Crippen molar-refractivity contribution in [2.45, 2.75) is 43.4 Å². The number of aromatic nitrogens is 4. The Labute approximate surface area is 167 Å². The van der Waals surface area contributed by atoms with Crippen molar-refractivity contribution in [3.63, 3.8) is 0 Å². The molecule has 0 aromatic carbocycles. The van der Waals surface area contributed by atoms with E-state index in [1.54, 1.807) is 4.90 Å². The van der Waals surface area contributed by atoms with Crippen LogP contribution < -0.4 is 0 Å². The first-order valence-electron chi connectivity index (χ1n) is 8.31. The Kier molecular flexibility index (Phi) is 5.81. The van der Waals surface area contributed by atoms with Crippen molar-refractivity contribution in [1.29, 1.82) is 0 Å². The molecule has 164 valence electrons. The normalized spacial score (nSPS) is 20.7. The highest BCUT2D eigenvalue weighted by molar-refractivity contribution is 7.13. The van der Waals surface area contributed by atoms with Gasteiger partial charge in [0.15, 0.2) is 0 Å². The molecule has 30 heavy (non-hydrogen) atoms. The van der Waals surface area contributed by atoms with Gasteiger partial charge >= 0.3 is 18.3 Å². The summed E-state index contributed by atoms with van der Waals surface area (Å²) in [5.74, 6) is -2.30. The fraction of sp³-hybridized carbons (Fsp3) is 0.571. The van der Waals surface area contributed by atoms with Gasteiger partial charge in [0.05, 0.1) is 10.9 Å². The van der Waals surface area contributed by atoms with E-state index in [-0.39, 0.29) is 0 Å². The van der Waals surface area contributed by atoms with Crippen LogP contribution in [0.25, 0.3) is 10.7 Å². The molecular formula is C14H13F6N7O2S. The van der Waals surface area contributed by atoms with Gasteiger partial charge in [0.2, 0.25) is 5.82 Å². The quantitative estimate of drug-likeness (QED) is 0.681. The lowest BCUT2D eigenvalue weighted by Crippen LogP contribution is -2.50. The third kappa shape index (κ3) is 4.43. The van der Waals surface area contributed by atoms with Gasteiger partial charge in [-0.1, -0.05) is 0 Å². The Morgan fingerprint density at radius 1 is 1.30 bits per heavy atom. The molecule has 16 heteroatoms. The maximum atomic E-state index is 13.3. The highest BCUT2D eigenvalue weighted by Gasteiger charge is 2.69. The topological polar surface area (TPSA) is 120 Å². The highest BCUT2D eigenvalue weighted by atomic mass is 32.1. The number of aliphatic carboxylic acids is 1. The summed E-state index contributed by atoms with van der Waals surface area (Å²) in [4.78, 5) is 11.5. The maximum Gasteiger partial charge on any atom is 0.490 e. The molecule has 0 spiro atoms.